The van der Waals surface area contributed by atoms with Crippen molar-refractivity contribution >= 4 is 33.4 Å². The molecule has 0 saturated heterocycles. The molecule has 0 radical (unpaired) electrons. The van der Waals surface area contributed by atoms with Gasteiger partial charge in [0.2, 0.25) is 0 Å². The van der Waals surface area contributed by atoms with Gasteiger partial charge < -0.3 is 0 Å². The van der Waals surface area contributed by atoms with Crippen molar-refractivity contribution in [2.24, 2.45) is 0 Å². The van der Waals surface area contributed by atoms with Gasteiger partial charge in [0.25, 0.3) is 10.0 Å². The van der Waals surface area contributed by atoms with Crippen LogP contribution in [-0.4, -0.2) is 8.42 Å². The lowest BCUT2D eigenvalue weighted by Crippen LogP contribution is -2.19. The number of hydrogen-bond donors (Lipinski definition) is 1. The Labute approximate surface area is 134 Å². The molecule has 0 fully saturated rings. The maximum absolute atomic E-state index is 13.1. The summed E-state index contributed by atoms with van der Waals surface area (Å²) in [6.07, 6.45) is -4.85. The summed E-state index contributed by atoms with van der Waals surface area (Å²) in [6.45, 7) is 0. The second-order valence-electron chi connectivity index (χ2n) is 4.30. The molecule has 0 aliphatic rings. The van der Waals surface area contributed by atoms with Crippen LogP contribution < -0.4 is 4.24 Å². The second kappa shape index (κ2) is 6.08. The molecule has 2 aromatic carbocycles. The number of nitrogens with one attached hydrogen (secondary N) is 1. The minimum Gasteiger partial charge on any atom is -0.206 e. The highest BCUT2D eigenvalue weighted by molar-refractivity contribution is 7.90. The van der Waals surface area contributed by atoms with E-state index >= 15 is 0 Å². The predicted octanol–water partition coefficient (Wildman–Crippen LogP) is 4.46. The summed E-state index contributed by atoms with van der Waals surface area (Å²) in [4.78, 5) is -0.937. The molecule has 0 aromatic heterocycles. The van der Waals surface area contributed by atoms with E-state index in [0.717, 1.165) is 12.1 Å². The minimum atomic E-state index is -4.85. The molecular weight excluding hydrogens is 362 g/mol. The van der Waals surface area contributed by atoms with Crippen LogP contribution in [0.5, 0.6) is 0 Å². The van der Waals surface area contributed by atoms with E-state index in [2.05, 4.69) is 0 Å². The van der Waals surface area contributed by atoms with Gasteiger partial charge in [-0.05, 0) is 47.2 Å². The normalized spacial score (nSPS) is 12.4. The lowest BCUT2D eigenvalue weighted by Gasteiger charge is -2.14. The standard InChI is InChI=1S/C13H8Cl2F3NO2S/c14-10-4-1-8(2-5-10)9-3-6-12(22(20,21)19-15)11(7-9)13(16,17)18/h1-7,19H. The molecule has 0 amide bonds. The monoisotopic (exact) mass is 369 g/mol. The lowest BCUT2D eigenvalue weighted by molar-refractivity contribution is -0.139. The summed E-state index contributed by atoms with van der Waals surface area (Å²) in [5.41, 5.74) is -0.622. The number of sulfonamides is 1. The molecule has 2 rings (SSSR count). The Morgan fingerprint density at radius 3 is 2.00 bits per heavy atom. The van der Waals surface area contributed by atoms with Gasteiger partial charge in [0.05, 0.1) is 10.5 Å². The van der Waals surface area contributed by atoms with Crippen molar-refractivity contribution in [3.63, 3.8) is 0 Å². The maximum atomic E-state index is 13.1. The molecule has 3 nitrogen and oxygen atoms in total. The Morgan fingerprint density at radius 1 is 0.955 bits per heavy atom. The predicted molar refractivity (Wildman–Crippen MR) is 78.1 cm³/mol. The summed E-state index contributed by atoms with van der Waals surface area (Å²) in [6, 6.07) is 8.99. The summed E-state index contributed by atoms with van der Waals surface area (Å²) in [5, 5.41) is 0.435. The molecule has 9 heteroatoms. The Morgan fingerprint density at radius 2 is 1.50 bits per heavy atom. The van der Waals surface area contributed by atoms with Crippen LogP contribution in [0.15, 0.2) is 47.4 Å². The Balaban J connectivity index is 2.65. The fourth-order valence-electron chi connectivity index (χ4n) is 1.85. The Kier molecular flexibility index (Phi) is 4.72. The van der Waals surface area contributed by atoms with Crippen molar-refractivity contribution < 1.29 is 21.6 Å². The number of halogens is 5. The highest BCUT2D eigenvalue weighted by atomic mass is 35.5. The molecule has 118 valence electrons. The summed E-state index contributed by atoms with van der Waals surface area (Å²) >= 11 is 10.7. The smallest absolute Gasteiger partial charge is 0.206 e. The van der Waals surface area contributed by atoms with Gasteiger partial charge in [0.1, 0.15) is 0 Å². The topological polar surface area (TPSA) is 46.2 Å². The second-order valence-corrected chi connectivity index (χ2v) is 6.80. The molecule has 0 aliphatic heterocycles. The van der Waals surface area contributed by atoms with E-state index in [1.165, 1.54) is 34.6 Å². The number of benzene rings is 2. The zero-order chi connectivity index (χ0) is 16.5. The maximum Gasteiger partial charge on any atom is 0.417 e. The molecule has 0 spiro atoms. The van der Waals surface area contributed by atoms with Gasteiger partial charge in [0, 0.05) is 5.02 Å². The van der Waals surface area contributed by atoms with Crippen molar-refractivity contribution in [1.29, 1.82) is 0 Å². The highest BCUT2D eigenvalue weighted by Gasteiger charge is 2.37. The average molecular weight is 370 g/mol. The van der Waals surface area contributed by atoms with Crippen molar-refractivity contribution in [2.45, 2.75) is 11.1 Å². The third kappa shape index (κ3) is 3.55. The van der Waals surface area contributed by atoms with Crippen LogP contribution in [0.1, 0.15) is 5.56 Å². The first kappa shape index (κ1) is 17.1. The molecule has 2 aromatic rings. The van der Waals surface area contributed by atoms with Gasteiger partial charge >= 0.3 is 6.18 Å². The summed E-state index contributed by atoms with van der Waals surface area (Å²) < 4.78 is 63.9. The molecular formula is C13H8Cl2F3NO2S. The van der Waals surface area contributed by atoms with E-state index in [9.17, 15) is 21.6 Å². The first-order valence-electron chi connectivity index (χ1n) is 5.75. The van der Waals surface area contributed by atoms with Crippen molar-refractivity contribution in [2.75, 3.05) is 0 Å². The molecule has 0 bridgehead atoms. The van der Waals surface area contributed by atoms with Crippen molar-refractivity contribution in [3.8, 4) is 11.1 Å². The van der Waals surface area contributed by atoms with Gasteiger partial charge in [-0.1, -0.05) is 29.8 Å². The Hall–Kier alpha value is -1.28. The zero-order valence-electron chi connectivity index (χ0n) is 10.7. The SMILES string of the molecule is O=S(=O)(NCl)c1ccc(-c2ccc(Cl)cc2)cc1C(F)(F)F. The first-order chi connectivity index (χ1) is 10.1. The molecule has 0 saturated carbocycles. The molecule has 0 unspecified atom stereocenters. The van der Waals surface area contributed by atoms with Gasteiger partial charge in [0.15, 0.2) is 0 Å². The fourth-order valence-corrected chi connectivity index (χ4v) is 3.02. The van der Waals surface area contributed by atoms with E-state index in [4.69, 9.17) is 23.4 Å². The third-order valence-corrected chi connectivity index (χ3v) is 4.85. The van der Waals surface area contributed by atoms with Crippen LogP contribution in [0.25, 0.3) is 11.1 Å². The van der Waals surface area contributed by atoms with E-state index in [1.807, 2.05) is 0 Å². The molecule has 0 atom stereocenters. The average Bonchev–Trinajstić information content (AvgIpc) is 2.46. The molecule has 0 aliphatic carbocycles. The van der Waals surface area contributed by atoms with Crippen molar-refractivity contribution in [3.05, 3.63) is 53.1 Å². The van der Waals surface area contributed by atoms with Crippen molar-refractivity contribution in [1.82, 2.24) is 4.24 Å². The molecule has 1 N–H and O–H groups in total. The van der Waals surface area contributed by atoms with Crippen LogP contribution in [0.4, 0.5) is 13.2 Å². The third-order valence-electron chi connectivity index (χ3n) is 2.85. The molecule has 0 heterocycles. The Bertz CT molecular complexity index is 790. The van der Waals surface area contributed by atoms with Gasteiger partial charge in [-0.2, -0.15) is 13.2 Å². The summed E-state index contributed by atoms with van der Waals surface area (Å²) in [5.74, 6) is 0. The van der Waals surface area contributed by atoms with E-state index in [-0.39, 0.29) is 5.56 Å². The van der Waals surface area contributed by atoms with Crippen LogP contribution in [-0.2, 0) is 16.2 Å². The van der Waals surface area contributed by atoms with Gasteiger partial charge in [-0.3, -0.25) is 0 Å². The fraction of sp³-hybridized carbons (Fsp3) is 0.0769. The van der Waals surface area contributed by atoms with Crippen LogP contribution in [0.3, 0.4) is 0 Å². The van der Waals surface area contributed by atoms with E-state index < -0.39 is 26.7 Å². The van der Waals surface area contributed by atoms with E-state index in [0.29, 0.717) is 10.6 Å². The zero-order valence-corrected chi connectivity index (χ0v) is 13.0. The van der Waals surface area contributed by atoms with E-state index in [1.54, 1.807) is 0 Å². The number of rotatable bonds is 3. The van der Waals surface area contributed by atoms with Crippen LogP contribution in [0, 0.1) is 0 Å². The minimum absolute atomic E-state index is 0.206. The van der Waals surface area contributed by atoms with Gasteiger partial charge in [-0.25, -0.2) is 8.42 Å². The largest absolute Gasteiger partial charge is 0.417 e. The van der Waals surface area contributed by atoms with Crippen LogP contribution >= 0.6 is 23.4 Å². The number of hydrogen-bond acceptors (Lipinski definition) is 2. The number of alkyl halides is 3. The van der Waals surface area contributed by atoms with Crippen LogP contribution in [0.2, 0.25) is 5.02 Å². The molecule has 22 heavy (non-hydrogen) atoms. The summed E-state index contributed by atoms with van der Waals surface area (Å²) in [7, 11) is -4.44. The van der Waals surface area contributed by atoms with Gasteiger partial charge in [-0.15, -0.1) is 4.24 Å². The first-order valence-corrected chi connectivity index (χ1v) is 7.98. The quantitative estimate of drug-likeness (QED) is 0.811. The highest BCUT2D eigenvalue weighted by Crippen LogP contribution is 2.37. The lowest BCUT2D eigenvalue weighted by atomic mass is 10.0.